The number of anilines is 1. The minimum absolute atomic E-state index is 0.0954. The minimum Gasteiger partial charge on any atom is -0.462 e. The Kier molecular flexibility index (Phi) is 5.61. The largest absolute Gasteiger partial charge is 0.462 e. The first-order chi connectivity index (χ1) is 8.13. The highest BCUT2D eigenvalue weighted by Crippen LogP contribution is 2.10. The summed E-state index contributed by atoms with van der Waals surface area (Å²) in [5.74, 6) is -0.383. The van der Waals surface area contributed by atoms with Crippen molar-refractivity contribution in [1.82, 2.24) is 0 Å². The molecule has 1 aromatic carbocycles. The highest BCUT2D eigenvalue weighted by Gasteiger charge is 2.05. The molecule has 0 spiro atoms. The Balaban J connectivity index is 2.50. The third kappa shape index (κ3) is 4.94. The van der Waals surface area contributed by atoms with E-state index in [-0.39, 0.29) is 12.7 Å². The molecule has 1 unspecified atom stereocenters. The van der Waals surface area contributed by atoms with Crippen LogP contribution in [0.3, 0.4) is 0 Å². The molecule has 0 amide bonds. The van der Waals surface area contributed by atoms with Crippen molar-refractivity contribution >= 4 is 23.0 Å². The lowest BCUT2D eigenvalue weighted by Gasteiger charge is -2.06. The lowest BCUT2D eigenvalue weighted by Crippen LogP contribution is -2.08. The van der Waals surface area contributed by atoms with E-state index in [2.05, 4.69) is 9.50 Å². The molecule has 0 saturated carbocycles. The fourth-order valence-electron chi connectivity index (χ4n) is 1.10. The lowest BCUT2D eigenvalue weighted by molar-refractivity contribution is 0.0526. The summed E-state index contributed by atoms with van der Waals surface area (Å²) in [5.41, 5.74) is 1.12. The van der Waals surface area contributed by atoms with Gasteiger partial charge in [-0.2, -0.15) is 4.21 Å². The molecule has 1 rings (SSSR count). The second kappa shape index (κ2) is 7.00. The van der Waals surface area contributed by atoms with E-state index in [1.165, 1.54) is 0 Å². The Bertz CT molecular complexity index is 392. The molecule has 7 heteroatoms. The van der Waals surface area contributed by atoms with E-state index in [0.717, 1.165) is 0 Å². The SMILES string of the molecule is CCOC(=O)c1ccc(NCOS(=O)O)cc1. The number of carbonyl (C=O) groups is 1. The van der Waals surface area contributed by atoms with E-state index in [9.17, 15) is 9.00 Å². The molecule has 1 aromatic rings. The zero-order valence-electron chi connectivity index (χ0n) is 9.21. The molecule has 0 fully saturated rings. The predicted octanol–water partition coefficient (Wildman–Crippen LogP) is 1.39. The molecule has 2 N–H and O–H groups in total. The van der Waals surface area contributed by atoms with E-state index in [0.29, 0.717) is 17.9 Å². The molecule has 6 nitrogen and oxygen atoms in total. The number of hydrogen-bond acceptors (Lipinski definition) is 5. The molecule has 94 valence electrons. The first kappa shape index (κ1) is 13.6. The van der Waals surface area contributed by atoms with Crippen LogP contribution in [-0.2, 0) is 20.3 Å². The Labute approximate surface area is 101 Å². The van der Waals surface area contributed by atoms with Gasteiger partial charge in [-0.1, -0.05) is 0 Å². The van der Waals surface area contributed by atoms with Gasteiger partial charge in [0.1, 0.15) is 6.73 Å². The zero-order chi connectivity index (χ0) is 12.7. The van der Waals surface area contributed by atoms with Crippen molar-refractivity contribution in [2.45, 2.75) is 6.92 Å². The second-order valence-electron chi connectivity index (χ2n) is 2.95. The van der Waals surface area contributed by atoms with Gasteiger partial charge < -0.3 is 10.1 Å². The number of esters is 1. The van der Waals surface area contributed by atoms with E-state index in [1.807, 2.05) is 0 Å². The smallest absolute Gasteiger partial charge is 0.338 e. The number of hydrogen-bond donors (Lipinski definition) is 2. The van der Waals surface area contributed by atoms with Crippen molar-refractivity contribution < 1.29 is 22.5 Å². The van der Waals surface area contributed by atoms with Gasteiger partial charge in [0.2, 0.25) is 0 Å². The summed E-state index contributed by atoms with van der Waals surface area (Å²) >= 11 is -2.29. The van der Waals surface area contributed by atoms with Gasteiger partial charge in [-0.15, -0.1) is 0 Å². The van der Waals surface area contributed by atoms with Crippen molar-refractivity contribution in [3.05, 3.63) is 29.8 Å². The topological polar surface area (TPSA) is 84.9 Å². The van der Waals surface area contributed by atoms with Crippen LogP contribution in [0.4, 0.5) is 5.69 Å². The predicted molar refractivity (Wildman–Crippen MR) is 62.7 cm³/mol. The normalized spacial score (nSPS) is 11.9. The van der Waals surface area contributed by atoms with Gasteiger partial charge in [-0.3, -0.25) is 4.55 Å². The van der Waals surface area contributed by atoms with Crippen LogP contribution in [0.15, 0.2) is 24.3 Å². The van der Waals surface area contributed by atoms with E-state index >= 15 is 0 Å². The van der Waals surface area contributed by atoms with Crippen molar-refractivity contribution in [1.29, 1.82) is 0 Å². The molecular formula is C10H13NO5S. The number of rotatable bonds is 6. The van der Waals surface area contributed by atoms with Crippen LogP contribution >= 0.6 is 0 Å². The number of benzene rings is 1. The van der Waals surface area contributed by atoms with Crippen LogP contribution in [0, 0.1) is 0 Å². The molecule has 0 aliphatic carbocycles. The number of ether oxygens (including phenoxy) is 1. The molecule has 0 aromatic heterocycles. The molecule has 0 heterocycles. The fourth-order valence-corrected chi connectivity index (χ4v) is 1.26. The van der Waals surface area contributed by atoms with Crippen LogP contribution in [0.25, 0.3) is 0 Å². The van der Waals surface area contributed by atoms with Gasteiger partial charge >= 0.3 is 17.3 Å². The fraction of sp³-hybridized carbons (Fsp3) is 0.300. The van der Waals surface area contributed by atoms with Crippen LogP contribution in [0.2, 0.25) is 0 Å². The number of carbonyl (C=O) groups excluding carboxylic acids is 1. The highest BCUT2D eigenvalue weighted by atomic mass is 32.2. The summed E-state index contributed by atoms with van der Waals surface area (Å²) in [5, 5.41) is 2.75. The van der Waals surface area contributed by atoms with Crippen molar-refractivity contribution in [2.75, 3.05) is 18.7 Å². The molecule has 0 radical (unpaired) electrons. The molecule has 17 heavy (non-hydrogen) atoms. The van der Waals surface area contributed by atoms with Gasteiger partial charge in [0.05, 0.1) is 12.2 Å². The monoisotopic (exact) mass is 259 g/mol. The molecular weight excluding hydrogens is 246 g/mol. The summed E-state index contributed by atoms with van der Waals surface area (Å²) in [4.78, 5) is 11.3. The maximum absolute atomic E-state index is 11.3. The van der Waals surface area contributed by atoms with Crippen molar-refractivity contribution in [3.8, 4) is 0 Å². The molecule has 1 atom stereocenters. The quantitative estimate of drug-likeness (QED) is 0.456. The standard InChI is InChI=1S/C10H13NO5S/c1-2-15-10(12)8-3-5-9(6-4-8)11-7-16-17(13)14/h3-6,11H,2,7H2,1H3,(H,13,14). The van der Waals surface area contributed by atoms with E-state index < -0.39 is 11.4 Å². The van der Waals surface area contributed by atoms with Gasteiger partial charge in [-0.05, 0) is 31.2 Å². The average molecular weight is 259 g/mol. The molecule has 0 aliphatic rings. The first-order valence-electron chi connectivity index (χ1n) is 4.88. The van der Waals surface area contributed by atoms with Crippen LogP contribution < -0.4 is 5.32 Å². The Morgan fingerprint density at radius 1 is 1.41 bits per heavy atom. The Hall–Kier alpha value is -1.44. The maximum atomic E-state index is 11.3. The van der Waals surface area contributed by atoms with Gasteiger partial charge in [0, 0.05) is 5.69 Å². The maximum Gasteiger partial charge on any atom is 0.338 e. The summed E-state index contributed by atoms with van der Waals surface area (Å²) < 4.78 is 27.8. The average Bonchev–Trinajstić information content (AvgIpc) is 2.30. The minimum atomic E-state index is -2.29. The summed E-state index contributed by atoms with van der Waals surface area (Å²) in [7, 11) is 0. The third-order valence-corrected chi connectivity index (χ3v) is 2.15. The Morgan fingerprint density at radius 2 is 2.06 bits per heavy atom. The zero-order valence-corrected chi connectivity index (χ0v) is 10.0. The highest BCUT2D eigenvalue weighted by molar-refractivity contribution is 7.74. The van der Waals surface area contributed by atoms with Crippen molar-refractivity contribution in [3.63, 3.8) is 0 Å². The summed E-state index contributed by atoms with van der Waals surface area (Å²) in [6.07, 6.45) is 0. The summed E-state index contributed by atoms with van der Waals surface area (Å²) in [6, 6.07) is 6.48. The summed E-state index contributed by atoms with van der Waals surface area (Å²) in [6.45, 7) is 1.97. The molecule has 0 aliphatic heterocycles. The van der Waals surface area contributed by atoms with Crippen LogP contribution in [-0.4, -0.2) is 28.1 Å². The Morgan fingerprint density at radius 3 is 2.59 bits per heavy atom. The molecule has 0 saturated heterocycles. The van der Waals surface area contributed by atoms with Gasteiger partial charge in [0.25, 0.3) is 0 Å². The van der Waals surface area contributed by atoms with Crippen molar-refractivity contribution in [2.24, 2.45) is 0 Å². The second-order valence-corrected chi connectivity index (χ2v) is 3.62. The third-order valence-electron chi connectivity index (χ3n) is 1.83. The van der Waals surface area contributed by atoms with Gasteiger partial charge in [0.15, 0.2) is 0 Å². The van der Waals surface area contributed by atoms with Crippen LogP contribution in [0.5, 0.6) is 0 Å². The van der Waals surface area contributed by atoms with E-state index in [1.54, 1.807) is 31.2 Å². The number of nitrogens with one attached hydrogen (secondary N) is 1. The molecule has 0 bridgehead atoms. The van der Waals surface area contributed by atoms with Crippen LogP contribution in [0.1, 0.15) is 17.3 Å². The first-order valence-corrected chi connectivity index (χ1v) is 5.92. The van der Waals surface area contributed by atoms with Gasteiger partial charge in [-0.25, -0.2) is 8.98 Å². The lowest BCUT2D eigenvalue weighted by atomic mass is 10.2. The van der Waals surface area contributed by atoms with E-state index in [4.69, 9.17) is 9.29 Å².